The molecule has 0 saturated heterocycles. The maximum absolute atomic E-state index is 9.57. The maximum atomic E-state index is 9.57. The normalized spacial score (nSPS) is 19.5. The van der Waals surface area contributed by atoms with Crippen LogP contribution in [0, 0.1) is 5.92 Å². The molecule has 0 aromatic carbocycles. The summed E-state index contributed by atoms with van der Waals surface area (Å²) >= 11 is 0. The maximum Gasteiger partial charge on any atom is 0.0920 e. The fraction of sp³-hybridized carbons (Fsp3) is 1.00. The number of rotatable bonds is 8. The van der Waals surface area contributed by atoms with Gasteiger partial charge in [-0.2, -0.15) is 5.48 Å². The third-order valence-electron chi connectivity index (χ3n) is 2.63. The van der Waals surface area contributed by atoms with Gasteiger partial charge in [-0.05, 0) is 18.8 Å². The summed E-state index contributed by atoms with van der Waals surface area (Å²) in [6, 6.07) is 0. The zero-order valence-electron chi connectivity index (χ0n) is 10.4. The molecule has 0 aliphatic heterocycles. The molecule has 1 rings (SSSR count). The topological polar surface area (TPSA) is 50.7 Å². The molecule has 16 heavy (non-hydrogen) atoms. The SMILES string of the molecule is CC(C)COCC(O)CNOC1CCCC1. The van der Waals surface area contributed by atoms with Crippen molar-refractivity contribution in [2.24, 2.45) is 5.92 Å². The molecule has 0 amide bonds. The molecule has 0 spiro atoms. The molecule has 0 bridgehead atoms. The summed E-state index contributed by atoms with van der Waals surface area (Å²) in [5, 5.41) is 9.57. The number of ether oxygens (including phenoxy) is 1. The molecule has 96 valence electrons. The Labute approximate surface area is 98.3 Å². The number of hydroxylamine groups is 1. The summed E-state index contributed by atoms with van der Waals surface area (Å²) in [6.07, 6.45) is 4.63. The van der Waals surface area contributed by atoms with Crippen molar-refractivity contribution in [2.75, 3.05) is 19.8 Å². The molecular formula is C12H25NO3. The van der Waals surface area contributed by atoms with Gasteiger partial charge >= 0.3 is 0 Å². The third-order valence-corrected chi connectivity index (χ3v) is 2.63. The van der Waals surface area contributed by atoms with Crippen molar-refractivity contribution in [3.63, 3.8) is 0 Å². The van der Waals surface area contributed by atoms with Gasteiger partial charge in [-0.3, -0.25) is 4.84 Å². The Morgan fingerprint density at radius 3 is 2.56 bits per heavy atom. The van der Waals surface area contributed by atoms with Crippen molar-refractivity contribution in [1.82, 2.24) is 5.48 Å². The first-order valence-electron chi connectivity index (χ1n) is 6.32. The van der Waals surface area contributed by atoms with E-state index < -0.39 is 6.10 Å². The molecule has 1 aliphatic rings. The summed E-state index contributed by atoms with van der Waals surface area (Å²) in [6.45, 7) is 5.69. The van der Waals surface area contributed by atoms with Gasteiger partial charge in [0.1, 0.15) is 0 Å². The van der Waals surface area contributed by atoms with Gasteiger partial charge in [0.25, 0.3) is 0 Å². The molecule has 4 nitrogen and oxygen atoms in total. The molecule has 1 aliphatic carbocycles. The number of nitrogens with one attached hydrogen (secondary N) is 1. The second kappa shape index (κ2) is 8.01. The van der Waals surface area contributed by atoms with Crippen LogP contribution in [-0.2, 0) is 9.57 Å². The van der Waals surface area contributed by atoms with Gasteiger partial charge < -0.3 is 9.84 Å². The number of hydrogen-bond acceptors (Lipinski definition) is 4. The summed E-state index contributed by atoms with van der Waals surface area (Å²) in [7, 11) is 0. The van der Waals surface area contributed by atoms with Crippen LogP contribution in [0.3, 0.4) is 0 Å². The second-order valence-corrected chi connectivity index (χ2v) is 4.96. The van der Waals surface area contributed by atoms with Crippen LogP contribution in [-0.4, -0.2) is 37.1 Å². The predicted octanol–water partition coefficient (Wildman–Crippen LogP) is 1.48. The van der Waals surface area contributed by atoms with Gasteiger partial charge in [0.15, 0.2) is 0 Å². The molecule has 0 radical (unpaired) electrons. The minimum atomic E-state index is -0.486. The van der Waals surface area contributed by atoms with Crippen LogP contribution in [0.1, 0.15) is 39.5 Å². The highest BCUT2D eigenvalue weighted by atomic mass is 16.7. The highest BCUT2D eigenvalue weighted by Gasteiger charge is 2.15. The predicted molar refractivity (Wildman–Crippen MR) is 63.0 cm³/mol. The van der Waals surface area contributed by atoms with E-state index in [0.29, 0.717) is 31.8 Å². The first kappa shape index (κ1) is 13.9. The molecule has 1 unspecified atom stereocenters. The highest BCUT2D eigenvalue weighted by Crippen LogP contribution is 2.19. The molecule has 4 heteroatoms. The summed E-state index contributed by atoms with van der Waals surface area (Å²) in [5.74, 6) is 0.509. The lowest BCUT2D eigenvalue weighted by atomic mass is 10.2. The van der Waals surface area contributed by atoms with Crippen LogP contribution in [0.25, 0.3) is 0 Å². The van der Waals surface area contributed by atoms with Crippen LogP contribution >= 0.6 is 0 Å². The fourth-order valence-electron chi connectivity index (χ4n) is 1.77. The first-order valence-corrected chi connectivity index (χ1v) is 6.32. The van der Waals surface area contributed by atoms with Crippen molar-refractivity contribution in [2.45, 2.75) is 51.7 Å². The van der Waals surface area contributed by atoms with Gasteiger partial charge in [-0.25, -0.2) is 0 Å². The summed E-state index contributed by atoms with van der Waals surface area (Å²) in [5.41, 5.74) is 2.84. The Kier molecular flexibility index (Phi) is 6.96. The standard InChI is InChI=1S/C12H25NO3/c1-10(2)8-15-9-11(14)7-13-16-12-5-3-4-6-12/h10-14H,3-9H2,1-2H3. The van der Waals surface area contributed by atoms with Crippen molar-refractivity contribution in [3.8, 4) is 0 Å². The molecule has 0 aromatic rings. The van der Waals surface area contributed by atoms with E-state index in [-0.39, 0.29) is 0 Å². The molecule has 1 saturated carbocycles. The molecule has 0 heterocycles. The Morgan fingerprint density at radius 1 is 1.25 bits per heavy atom. The van der Waals surface area contributed by atoms with Crippen LogP contribution in [0.4, 0.5) is 0 Å². The Bertz CT molecular complexity index is 170. The monoisotopic (exact) mass is 231 g/mol. The number of hydrogen-bond donors (Lipinski definition) is 2. The second-order valence-electron chi connectivity index (χ2n) is 4.96. The Morgan fingerprint density at radius 2 is 1.94 bits per heavy atom. The van der Waals surface area contributed by atoms with Crippen LogP contribution in [0.15, 0.2) is 0 Å². The van der Waals surface area contributed by atoms with Crippen molar-refractivity contribution in [3.05, 3.63) is 0 Å². The third kappa shape index (κ3) is 6.43. The van der Waals surface area contributed by atoms with Crippen LogP contribution in [0.5, 0.6) is 0 Å². The summed E-state index contributed by atoms with van der Waals surface area (Å²) < 4.78 is 5.33. The zero-order valence-corrected chi connectivity index (χ0v) is 10.4. The number of aliphatic hydroxyl groups excluding tert-OH is 1. The lowest BCUT2D eigenvalue weighted by Gasteiger charge is -2.15. The largest absolute Gasteiger partial charge is 0.389 e. The van der Waals surface area contributed by atoms with E-state index in [1.807, 2.05) is 0 Å². The van der Waals surface area contributed by atoms with E-state index in [9.17, 15) is 5.11 Å². The van der Waals surface area contributed by atoms with Gasteiger partial charge in [0.2, 0.25) is 0 Å². The summed E-state index contributed by atoms with van der Waals surface area (Å²) in [4.78, 5) is 5.44. The lowest BCUT2D eigenvalue weighted by molar-refractivity contribution is -0.0512. The quantitative estimate of drug-likeness (QED) is 0.621. The minimum Gasteiger partial charge on any atom is -0.389 e. The molecule has 0 aromatic heterocycles. The van der Waals surface area contributed by atoms with E-state index >= 15 is 0 Å². The smallest absolute Gasteiger partial charge is 0.0920 e. The zero-order chi connectivity index (χ0) is 11.8. The number of aliphatic hydroxyl groups is 1. The van der Waals surface area contributed by atoms with Gasteiger partial charge in [0, 0.05) is 13.2 Å². The van der Waals surface area contributed by atoms with Gasteiger partial charge in [-0.15, -0.1) is 0 Å². The lowest BCUT2D eigenvalue weighted by Crippen LogP contribution is -2.33. The van der Waals surface area contributed by atoms with Crippen molar-refractivity contribution >= 4 is 0 Å². The highest BCUT2D eigenvalue weighted by molar-refractivity contribution is 4.66. The Hall–Kier alpha value is -0.160. The molecule has 1 atom stereocenters. The first-order chi connectivity index (χ1) is 7.68. The van der Waals surface area contributed by atoms with Crippen molar-refractivity contribution < 1.29 is 14.7 Å². The van der Waals surface area contributed by atoms with E-state index in [2.05, 4.69) is 19.3 Å². The van der Waals surface area contributed by atoms with E-state index in [4.69, 9.17) is 9.57 Å². The average molecular weight is 231 g/mol. The molecular weight excluding hydrogens is 206 g/mol. The van der Waals surface area contributed by atoms with Crippen LogP contribution < -0.4 is 5.48 Å². The average Bonchev–Trinajstić information content (AvgIpc) is 2.70. The Balaban J connectivity index is 1.91. The molecule has 1 fully saturated rings. The van der Waals surface area contributed by atoms with E-state index in [1.54, 1.807) is 0 Å². The van der Waals surface area contributed by atoms with Crippen LogP contribution in [0.2, 0.25) is 0 Å². The van der Waals surface area contributed by atoms with Gasteiger partial charge in [0.05, 0.1) is 18.8 Å². The fourth-order valence-corrected chi connectivity index (χ4v) is 1.77. The van der Waals surface area contributed by atoms with E-state index in [1.165, 1.54) is 12.8 Å². The minimum absolute atomic E-state index is 0.337. The van der Waals surface area contributed by atoms with Crippen molar-refractivity contribution in [1.29, 1.82) is 0 Å². The van der Waals surface area contributed by atoms with Gasteiger partial charge in [-0.1, -0.05) is 26.7 Å². The van der Waals surface area contributed by atoms with E-state index in [0.717, 1.165) is 12.8 Å². The molecule has 2 N–H and O–H groups in total.